The Labute approximate surface area is 150 Å². The Morgan fingerprint density at radius 2 is 1.62 bits per heavy atom. The smallest absolute Gasteiger partial charge is 0.305 e. The molecule has 0 bridgehead atoms. The van der Waals surface area contributed by atoms with Gasteiger partial charge in [-0.2, -0.15) is 0 Å². The average molecular weight is 358 g/mol. The second-order valence-electron chi connectivity index (χ2n) is 5.63. The molecule has 1 amide bonds. The maximum atomic E-state index is 11.6. The zero-order chi connectivity index (χ0) is 18.0. The predicted octanol–water partition coefficient (Wildman–Crippen LogP) is 3.97. The van der Waals surface area contributed by atoms with E-state index in [9.17, 15) is 14.4 Å². The molecule has 0 spiro atoms. The van der Waals surface area contributed by atoms with E-state index in [1.807, 2.05) is 0 Å². The van der Waals surface area contributed by atoms with Gasteiger partial charge in [-0.3, -0.25) is 14.4 Å². The standard InChI is InChI=1S/C18H31NO4S/c1-3-4-5-6-7-10-14-19-16(20)13-15-24-18(22)12-9-8-11-17(21)23-2/h13,15H,3-12,14H2,1-2H3,(H,19,20). The number of hydrogen-bond acceptors (Lipinski definition) is 5. The van der Waals surface area contributed by atoms with Gasteiger partial charge in [-0.05, 0) is 24.7 Å². The molecule has 0 aromatic rings. The van der Waals surface area contributed by atoms with Crippen LogP contribution in [0.3, 0.4) is 0 Å². The summed E-state index contributed by atoms with van der Waals surface area (Å²) in [7, 11) is 1.35. The molecule has 0 radical (unpaired) electrons. The van der Waals surface area contributed by atoms with Crippen LogP contribution in [0.4, 0.5) is 0 Å². The topological polar surface area (TPSA) is 72.5 Å². The van der Waals surface area contributed by atoms with Crippen LogP contribution in [-0.4, -0.2) is 30.6 Å². The number of hydrogen-bond donors (Lipinski definition) is 1. The maximum Gasteiger partial charge on any atom is 0.305 e. The molecule has 0 aromatic carbocycles. The number of carbonyl (C=O) groups is 3. The van der Waals surface area contributed by atoms with E-state index < -0.39 is 0 Å². The SMILES string of the molecule is CCCCCCCCNC(=O)C=CSC(=O)CCCCC(=O)OC. The molecule has 0 unspecified atom stereocenters. The number of unbranched alkanes of at least 4 members (excludes halogenated alkanes) is 6. The normalized spacial score (nSPS) is 10.8. The van der Waals surface area contributed by atoms with Gasteiger partial charge in [-0.25, -0.2) is 0 Å². The quantitative estimate of drug-likeness (QED) is 0.289. The molecule has 0 saturated heterocycles. The number of thioether (sulfide) groups is 1. The first-order chi connectivity index (χ1) is 11.6. The monoisotopic (exact) mass is 357 g/mol. The Kier molecular flexibility index (Phi) is 15.7. The largest absolute Gasteiger partial charge is 0.469 e. The Bertz CT molecular complexity index is 396. The molecular formula is C18H31NO4S. The number of ether oxygens (including phenoxy) is 1. The molecule has 0 heterocycles. The van der Waals surface area contributed by atoms with Gasteiger partial charge in [-0.15, -0.1) is 0 Å². The zero-order valence-electron chi connectivity index (χ0n) is 15.0. The van der Waals surface area contributed by atoms with Crippen LogP contribution in [0.1, 0.15) is 71.1 Å². The third-order valence-electron chi connectivity index (χ3n) is 3.49. The van der Waals surface area contributed by atoms with E-state index in [1.54, 1.807) is 0 Å². The number of nitrogens with one attached hydrogen (secondary N) is 1. The van der Waals surface area contributed by atoms with Gasteiger partial charge in [0.25, 0.3) is 0 Å². The first-order valence-corrected chi connectivity index (χ1v) is 9.68. The van der Waals surface area contributed by atoms with Gasteiger partial charge in [0, 0.05) is 25.5 Å². The molecule has 138 valence electrons. The van der Waals surface area contributed by atoms with Gasteiger partial charge >= 0.3 is 5.97 Å². The van der Waals surface area contributed by atoms with Crippen LogP contribution in [0.15, 0.2) is 11.5 Å². The summed E-state index contributed by atoms with van der Waals surface area (Å²) >= 11 is 1.03. The van der Waals surface area contributed by atoms with Crippen molar-refractivity contribution < 1.29 is 19.1 Å². The van der Waals surface area contributed by atoms with Crippen LogP contribution < -0.4 is 5.32 Å². The number of rotatable bonds is 14. The van der Waals surface area contributed by atoms with Crippen LogP contribution in [0.2, 0.25) is 0 Å². The molecule has 1 N–H and O–H groups in total. The lowest BCUT2D eigenvalue weighted by Gasteiger charge is -2.02. The van der Waals surface area contributed by atoms with Crippen LogP contribution in [0.5, 0.6) is 0 Å². The molecule has 0 aliphatic rings. The predicted molar refractivity (Wildman–Crippen MR) is 98.6 cm³/mol. The lowest BCUT2D eigenvalue weighted by Crippen LogP contribution is -2.21. The van der Waals surface area contributed by atoms with Gasteiger partial charge < -0.3 is 10.1 Å². The lowest BCUT2D eigenvalue weighted by molar-refractivity contribution is -0.140. The summed E-state index contributed by atoms with van der Waals surface area (Å²) in [6.07, 6.45) is 10.6. The number of esters is 1. The summed E-state index contributed by atoms with van der Waals surface area (Å²) in [5.74, 6) is -0.411. The van der Waals surface area contributed by atoms with Crippen molar-refractivity contribution in [2.45, 2.75) is 71.1 Å². The van der Waals surface area contributed by atoms with Crippen molar-refractivity contribution in [3.05, 3.63) is 11.5 Å². The molecule has 0 saturated carbocycles. The van der Waals surface area contributed by atoms with Crippen molar-refractivity contribution in [3.8, 4) is 0 Å². The second-order valence-corrected chi connectivity index (χ2v) is 6.60. The number of methoxy groups -OCH3 is 1. The Morgan fingerprint density at radius 3 is 2.33 bits per heavy atom. The van der Waals surface area contributed by atoms with E-state index in [0.29, 0.717) is 32.2 Å². The molecular weight excluding hydrogens is 326 g/mol. The molecule has 0 fully saturated rings. The molecule has 5 nitrogen and oxygen atoms in total. The van der Waals surface area contributed by atoms with Crippen molar-refractivity contribution in [2.75, 3.05) is 13.7 Å². The van der Waals surface area contributed by atoms with Crippen molar-refractivity contribution in [1.82, 2.24) is 5.32 Å². The molecule has 0 atom stereocenters. The molecule has 24 heavy (non-hydrogen) atoms. The summed E-state index contributed by atoms with van der Waals surface area (Å²) in [5.41, 5.74) is 0. The number of amides is 1. The maximum absolute atomic E-state index is 11.6. The molecule has 6 heteroatoms. The van der Waals surface area contributed by atoms with Crippen LogP contribution in [0.25, 0.3) is 0 Å². The van der Waals surface area contributed by atoms with Crippen molar-refractivity contribution in [1.29, 1.82) is 0 Å². The second kappa shape index (κ2) is 16.6. The summed E-state index contributed by atoms with van der Waals surface area (Å²) in [6.45, 7) is 2.87. The highest BCUT2D eigenvalue weighted by molar-refractivity contribution is 8.16. The van der Waals surface area contributed by atoms with E-state index in [-0.39, 0.29) is 17.0 Å². The van der Waals surface area contributed by atoms with Crippen LogP contribution in [-0.2, 0) is 19.1 Å². The van der Waals surface area contributed by atoms with E-state index in [0.717, 1.165) is 24.6 Å². The Balaban J connectivity index is 3.55. The fourth-order valence-electron chi connectivity index (χ4n) is 2.05. The highest BCUT2D eigenvalue weighted by Gasteiger charge is 2.04. The van der Waals surface area contributed by atoms with E-state index >= 15 is 0 Å². The summed E-state index contributed by atoms with van der Waals surface area (Å²) < 4.78 is 4.53. The molecule has 0 aliphatic heterocycles. The fraction of sp³-hybridized carbons (Fsp3) is 0.722. The molecule has 0 aromatic heterocycles. The Hall–Kier alpha value is -1.30. The van der Waals surface area contributed by atoms with E-state index in [4.69, 9.17) is 0 Å². The van der Waals surface area contributed by atoms with Crippen molar-refractivity contribution >= 4 is 28.8 Å². The van der Waals surface area contributed by atoms with Crippen LogP contribution in [0, 0.1) is 0 Å². The van der Waals surface area contributed by atoms with E-state index in [2.05, 4.69) is 17.0 Å². The van der Waals surface area contributed by atoms with Gasteiger partial charge in [0.05, 0.1) is 7.11 Å². The minimum absolute atomic E-state index is 0.000148. The first-order valence-electron chi connectivity index (χ1n) is 8.80. The van der Waals surface area contributed by atoms with Crippen molar-refractivity contribution in [3.63, 3.8) is 0 Å². The fourth-order valence-corrected chi connectivity index (χ4v) is 2.65. The van der Waals surface area contributed by atoms with Gasteiger partial charge in [-0.1, -0.05) is 50.8 Å². The van der Waals surface area contributed by atoms with Crippen LogP contribution >= 0.6 is 11.8 Å². The molecule has 0 rings (SSSR count). The third kappa shape index (κ3) is 15.6. The minimum atomic E-state index is -0.253. The molecule has 0 aliphatic carbocycles. The van der Waals surface area contributed by atoms with E-state index in [1.165, 1.54) is 44.3 Å². The third-order valence-corrected chi connectivity index (χ3v) is 4.23. The minimum Gasteiger partial charge on any atom is -0.469 e. The average Bonchev–Trinajstić information content (AvgIpc) is 2.57. The highest BCUT2D eigenvalue weighted by Crippen LogP contribution is 2.11. The lowest BCUT2D eigenvalue weighted by atomic mass is 10.1. The summed E-state index contributed by atoms with van der Waals surface area (Å²) in [6, 6.07) is 0. The number of carbonyl (C=O) groups excluding carboxylic acids is 3. The van der Waals surface area contributed by atoms with Gasteiger partial charge in [0.2, 0.25) is 5.91 Å². The zero-order valence-corrected chi connectivity index (χ0v) is 15.8. The van der Waals surface area contributed by atoms with Gasteiger partial charge in [0.15, 0.2) is 5.12 Å². The van der Waals surface area contributed by atoms with Crippen molar-refractivity contribution in [2.24, 2.45) is 0 Å². The highest BCUT2D eigenvalue weighted by atomic mass is 32.2. The summed E-state index contributed by atoms with van der Waals surface area (Å²) in [5, 5.41) is 4.34. The summed E-state index contributed by atoms with van der Waals surface area (Å²) in [4.78, 5) is 34.1. The van der Waals surface area contributed by atoms with Gasteiger partial charge in [0.1, 0.15) is 0 Å². The first kappa shape index (κ1) is 22.7. The Morgan fingerprint density at radius 1 is 0.958 bits per heavy atom.